The SMILES string of the molecule is CCCCN1C(=O)C(CC(=O)NCCc2ccccn2)CC(C(=O)N(C)C)=C1C. The Bertz CT molecular complexity index is 759. The van der Waals surface area contributed by atoms with E-state index in [1.807, 2.05) is 25.1 Å². The minimum Gasteiger partial charge on any atom is -0.356 e. The number of nitrogens with zero attached hydrogens (tertiary/aromatic N) is 3. The van der Waals surface area contributed by atoms with Crippen molar-refractivity contribution >= 4 is 17.7 Å². The molecular formula is C22H32N4O3. The van der Waals surface area contributed by atoms with E-state index in [2.05, 4.69) is 17.2 Å². The van der Waals surface area contributed by atoms with Crippen LogP contribution in [0.3, 0.4) is 0 Å². The van der Waals surface area contributed by atoms with Gasteiger partial charge in [0.2, 0.25) is 11.8 Å². The largest absolute Gasteiger partial charge is 0.356 e. The Morgan fingerprint density at radius 1 is 1.31 bits per heavy atom. The zero-order valence-electron chi connectivity index (χ0n) is 17.9. The van der Waals surface area contributed by atoms with Gasteiger partial charge in [-0.2, -0.15) is 0 Å². The van der Waals surface area contributed by atoms with Gasteiger partial charge < -0.3 is 15.1 Å². The molecule has 0 aliphatic carbocycles. The molecule has 2 rings (SSSR count). The Morgan fingerprint density at radius 2 is 2.07 bits per heavy atom. The number of amides is 3. The summed E-state index contributed by atoms with van der Waals surface area (Å²) < 4.78 is 0. The van der Waals surface area contributed by atoms with Crippen LogP contribution in [0.5, 0.6) is 0 Å². The molecule has 1 aromatic rings. The highest BCUT2D eigenvalue weighted by molar-refractivity contribution is 5.98. The number of pyridine rings is 1. The van der Waals surface area contributed by atoms with Crippen LogP contribution in [0.4, 0.5) is 0 Å². The first-order valence-corrected chi connectivity index (χ1v) is 10.2. The van der Waals surface area contributed by atoms with Gasteiger partial charge in [-0.1, -0.05) is 19.4 Å². The Balaban J connectivity index is 2.03. The van der Waals surface area contributed by atoms with Crippen LogP contribution in [0.25, 0.3) is 0 Å². The second kappa shape index (κ2) is 10.7. The van der Waals surface area contributed by atoms with Gasteiger partial charge in [0.15, 0.2) is 0 Å². The van der Waals surface area contributed by atoms with Crippen LogP contribution in [0.2, 0.25) is 0 Å². The smallest absolute Gasteiger partial charge is 0.251 e. The number of likely N-dealkylation sites (N-methyl/N-ethyl adjacent to an activating group) is 1. The number of rotatable bonds is 9. The summed E-state index contributed by atoms with van der Waals surface area (Å²) in [4.78, 5) is 45.5. The third-order valence-electron chi connectivity index (χ3n) is 5.17. The van der Waals surface area contributed by atoms with E-state index in [1.165, 1.54) is 4.90 Å². The Labute approximate surface area is 173 Å². The maximum absolute atomic E-state index is 13.0. The molecule has 3 amide bonds. The Hall–Kier alpha value is -2.70. The first-order valence-electron chi connectivity index (χ1n) is 10.2. The van der Waals surface area contributed by atoms with Crippen molar-refractivity contribution in [1.29, 1.82) is 0 Å². The van der Waals surface area contributed by atoms with Gasteiger partial charge in [0.1, 0.15) is 0 Å². The topological polar surface area (TPSA) is 82.6 Å². The molecule has 29 heavy (non-hydrogen) atoms. The maximum atomic E-state index is 13.0. The van der Waals surface area contributed by atoms with E-state index in [9.17, 15) is 14.4 Å². The first-order chi connectivity index (χ1) is 13.8. The third kappa shape index (κ3) is 6.14. The average molecular weight is 401 g/mol. The molecule has 2 heterocycles. The van der Waals surface area contributed by atoms with Crippen molar-refractivity contribution in [3.8, 4) is 0 Å². The standard InChI is InChI=1S/C22H32N4O3/c1-5-6-13-26-16(2)19(22(29)25(3)4)14-17(21(26)28)15-20(27)24-12-10-18-9-7-8-11-23-18/h7-9,11,17H,5-6,10,12-15H2,1-4H3,(H,24,27). The van der Waals surface area contributed by atoms with Crippen LogP contribution in [0.15, 0.2) is 35.7 Å². The number of hydrogen-bond acceptors (Lipinski definition) is 4. The lowest BCUT2D eigenvalue weighted by molar-refractivity contribution is -0.138. The summed E-state index contributed by atoms with van der Waals surface area (Å²) in [5.74, 6) is -0.849. The molecule has 1 atom stereocenters. The van der Waals surface area contributed by atoms with Crippen molar-refractivity contribution in [2.45, 2.75) is 46.0 Å². The number of hydrogen-bond donors (Lipinski definition) is 1. The lowest BCUT2D eigenvalue weighted by Crippen LogP contribution is -2.44. The molecule has 0 saturated heterocycles. The number of carbonyl (C=O) groups excluding carboxylic acids is 3. The summed E-state index contributed by atoms with van der Waals surface area (Å²) in [6.45, 7) is 4.93. The van der Waals surface area contributed by atoms with E-state index in [0.29, 0.717) is 37.2 Å². The fourth-order valence-electron chi connectivity index (χ4n) is 3.47. The second-order valence-electron chi connectivity index (χ2n) is 7.63. The highest BCUT2D eigenvalue weighted by atomic mass is 16.2. The number of unbranched alkanes of at least 4 members (excludes halogenated alkanes) is 1. The normalized spacial score (nSPS) is 16.8. The Morgan fingerprint density at radius 3 is 2.69 bits per heavy atom. The molecule has 158 valence electrons. The molecule has 0 radical (unpaired) electrons. The minimum absolute atomic E-state index is 0.0638. The third-order valence-corrected chi connectivity index (χ3v) is 5.17. The molecule has 1 aliphatic rings. The van der Waals surface area contributed by atoms with Gasteiger partial charge in [0.05, 0.1) is 5.92 Å². The molecule has 1 N–H and O–H groups in total. The molecule has 1 unspecified atom stereocenters. The van der Waals surface area contributed by atoms with Crippen LogP contribution in [0, 0.1) is 5.92 Å². The van der Waals surface area contributed by atoms with Crippen LogP contribution in [0.1, 0.15) is 45.2 Å². The maximum Gasteiger partial charge on any atom is 0.251 e. The fourth-order valence-corrected chi connectivity index (χ4v) is 3.47. The lowest BCUT2D eigenvalue weighted by atomic mass is 9.88. The van der Waals surface area contributed by atoms with Crippen LogP contribution in [-0.4, -0.2) is 59.7 Å². The molecule has 1 aromatic heterocycles. The number of carbonyl (C=O) groups is 3. The van der Waals surface area contributed by atoms with E-state index >= 15 is 0 Å². The first kappa shape index (κ1) is 22.6. The number of nitrogens with one attached hydrogen (secondary N) is 1. The van der Waals surface area contributed by atoms with Crippen molar-refractivity contribution < 1.29 is 14.4 Å². The highest BCUT2D eigenvalue weighted by Gasteiger charge is 2.36. The van der Waals surface area contributed by atoms with E-state index in [4.69, 9.17) is 0 Å². The van der Waals surface area contributed by atoms with Gasteiger partial charge in [0, 0.05) is 63.2 Å². The van der Waals surface area contributed by atoms with E-state index in [1.54, 1.807) is 25.2 Å². The van der Waals surface area contributed by atoms with Gasteiger partial charge in [-0.15, -0.1) is 0 Å². The fraction of sp³-hybridized carbons (Fsp3) is 0.545. The molecule has 7 nitrogen and oxygen atoms in total. The molecular weight excluding hydrogens is 368 g/mol. The molecule has 7 heteroatoms. The van der Waals surface area contributed by atoms with Crippen molar-refractivity contribution in [3.63, 3.8) is 0 Å². The van der Waals surface area contributed by atoms with Crippen molar-refractivity contribution in [2.24, 2.45) is 5.92 Å². The van der Waals surface area contributed by atoms with Crippen molar-refractivity contribution in [3.05, 3.63) is 41.4 Å². The van der Waals surface area contributed by atoms with E-state index in [0.717, 1.165) is 18.5 Å². The van der Waals surface area contributed by atoms with Crippen molar-refractivity contribution in [2.75, 3.05) is 27.2 Å². The predicted molar refractivity (Wildman–Crippen MR) is 112 cm³/mol. The van der Waals surface area contributed by atoms with Gasteiger partial charge in [0.25, 0.3) is 5.91 Å². The Kier molecular flexibility index (Phi) is 8.36. The van der Waals surface area contributed by atoms with Crippen LogP contribution >= 0.6 is 0 Å². The van der Waals surface area contributed by atoms with E-state index in [-0.39, 0.29) is 24.1 Å². The minimum atomic E-state index is -0.510. The molecule has 1 aliphatic heterocycles. The quantitative estimate of drug-likeness (QED) is 0.688. The van der Waals surface area contributed by atoms with Crippen LogP contribution < -0.4 is 5.32 Å². The van der Waals surface area contributed by atoms with Gasteiger partial charge in [-0.25, -0.2) is 0 Å². The highest BCUT2D eigenvalue weighted by Crippen LogP contribution is 2.30. The summed E-state index contributed by atoms with van der Waals surface area (Å²) in [5, 5.41) is 2.87. The monoisotopic (exact) mass is 400 g/mol. The molecule has 0 saturated carbocycles. The number of aromatic nitrogens is 1. The van der Waals surface area contributed by atoms with E-state index < -0.39 is 5.92 Å². The summed E-state index contributed by atoms with van der Waals surface area (Å²) in [6.07, 6.45) is 4.55. The number of allylic oxidation sites excluding steroid dienone is 1. The molecule has 0 fully saturated rings. The summed E-state index contributed by atoms with van der Waals surface area (Å²) in [6, 6.07) is 5.67. The zero-order chi connectivity index (χ0) is 21.4. The second-order valence-corrected chi connectivity index (χ2v) is 7.63. The van der Waals surface area contributed by atoms with Crippen molar-refractivity contribution in [1.82, 2.24) is 20.1 Å². The van der Waals surface area contributed by atoms with Gasteiger partial charge in [-0.05, 0) is 31.9 Å². The summed E-state index contributed by atoms with van der Waals surface area (Å²) in [5.41, 5.74) is 2.25. The molecule has 0 bridgehead atoms. The summed E-state index contributed by atoms with van der Waals surface area (Å²) in [7, 11) is 3.41. The molecule has 0 aromatic carbocycles. The van der Waals surface area contributed by atoms with Gasteiger partial charge >= 0.3 is 0 Å². The predicted octanol–water partition coefficient (Wildman–Crippen LogP) is 2.14. The lowest BCUT2D eigenvalue weighted by Gasteiger charge is -2.35. The van der Waals surface area contributed by atoms with Gasteiger partial charge in [-0.3, -0.25) is 19.4 Å². The average Bonchev–Trinajstić information content (AvgIpc) is 2.70. The summed E-state index contributed by atoms with van der Waals surface area (Å²) >= 11 is 0. The van der Waals surface area contributed by atoms with Crippen LogP contribution in [-0.2, 0) is 20.8 Å². The zero-order valence-corrected chi connectivity index (χ0v) is 17.9. The molecule has 0 spiro atoms.